The second-order valence-corrected chi connectivity index (χ2v) is 8.74. The van der Waals surface area contributed by atoms with Crippen LogP contribution in [0.4, 0.5) is 5.13 Å². The molecule has 1 saturated carbocycles. The molecule has 1 aromatic carbocycles. The highest BCUT2D eigenvalue weighted by atomic mass is 32.2. The normalized spacial score (nSPS) is 14.4. The fraction of sp³-hybridized carbons (Fsp3) is 0.444. The van der Waals surface area contributed by atoms with Crippen molar-refractivity contribution in [3.05, 3.63) is 34.9 Å². The summed E-state index contributed by atoms with van der Waals surface area (Å²) in [6.07, 6.45) is 4.53. The van der Waals surface area contributed by atoms with Gasteiger partial charge in [0.05, 0.1) is 5.75 Å². The van der Waals surface area contributed by atoms with Crippen molar-refractivity contribution >= 4 is 40.0 Å². The molecule has 1 aromatic heterocycles. The van der Waals surface area contributed by atoms with E-state index in [1.165, 1.54) is 35.9 Å². The van der Waals surface area contributed by atoms with Crippen LogP contribution in [0.15, 0.2) is 22.5 Å². The Morgan fingerprint density at radius 3 is 2.54 bits per heavy atom. The Labute approximate surface area is 161 Å². The van der Waals surface area contributed by atoms with Gasteiger partial charge in [0.2, 0.25) is 11.0 Å². The minimum absolute atomic E-state index is 0.0259. The van der Waals surface area contributed by atoms with Gasteiger partial charge in [-0.1, -0.05) is 53.1 Å². The van der Waals surface area contributed by atoms with Crippen molar-refractivity contribution < 1.29 is 9.59 Å². The summed E-state index contributed by atoms with van der Waals surface area (Å²) in [7, 11) is 0. The Balaban J connectivity index is 1.51. The zero-order valence-corrected chi connectivity index (χ0v) is 16.5. The van der Waals surface area contributed by atoms with Crippen molar-refractivity contribution in [1.29, 1.82) is 0 Å². The molecule has 0 radical (unpaired) electrons. The summed E-state index contributed by atoms with van der Waals surface area (Å²) in [5.74, 6) is 0.136. The molecule has 2 N–H and O–H groups in total. The molecule has 0 unspecified atom stereocenters. The van der Waals surface area contributed by atoms with Crippen LogP contribution < -0.4 is 10.6 Å². The Kier molecular flexibility index (Phi) is 6.26. The summed E-state index contributed by atoms with van der Waals surface area (Å²) in [6.45, 7) is 3.92. The topological polar surface area (TPSA) is 84.0 Å². The molecule has 138 valence electrons. The van der Waals surface area contributed by atoms with Gasteiger partial charge in [-0.3, -0.25) is 14.9 Å². The van der Waals surface area contributed by atoms with Crippen LogP contribution in [-0.2, 0) is 4.79 Å². The third kappa shape index (κ3) is 5.28. The first-order valence-electron chi connectivity index (χ1n) is 8.65. The average molecular weight is 391 g/mol. The van der Waals surface area contributed by atoms with Gasteiger partial charge in [-0.05, 0) is 38.8 Å². The van der Waals surface area contributed by atoms with Gasteiger partial charge in [0.25, 0.3) is 5.91 Å². The van der Waals surface area contributed by atoms with Crippen LogP contribution in [-0.4, -0.2) is 33.8 Å². The van der Waals surface area contributed by atoms with E-state index in [1.54, 1.807) is 0 Å². The van der Waals surface area contributed by atoms with E-state index in [1.807, 2.05) is 32.0 Å². The second-order valence-electron chi connectivity index (χ2n) is 6.54. The molecule has 0 atom stereocenters. The van der Waals surface area contributed by atoms with Gasteiger partial charge >= 0.3 is 0 Å². The highest BCUT2D eigenvalue weighted by Crippen LogP contribution is 2.26. The van der Waals surface area contributed by atoms with Gasteiger partial charge in [-0.25, -0.2) is 0 Å². The summed E-state index contributed by atoms with van der Waals surface area (Å²) in [5, 5.41) is 14.3. The number of rotatable bonds is 6. The second kappa shape index (κ2) is 8.64. The molecule has 2 aromatic rings. The lowest BCUT2D eigenvalue weighted by Gasteiger charge is -2.10. The number of anilines is 1. The first kappa shape index (κ1) is 18.8. The zero-order chi connectivity index (χ0) is 18.5. The molecular formula is C18H22N4O2S2. The maximum Gasteiger partial charge on any atom is 0.257 e. The zero-order valence-electron chi connectivity index (χ0n) is 14.9. The van der Waals surface area contributed by atoms with Gasteiger partial charge in [-0.15, -0.1) is 10.2 Å². The molecule has 1 aliphatic carbocycles. The van der Waals surface area contributed by atoms with Gasteiger partial charge in [0, 0.05) is 11.6 Å². The number of aryl methyl sites for hydroxylation is 2. The van der Waals surface area contributed by atoms with Crippen LogP contribution in [0.2, 0.25) is 0 Å². The lowest BCUT2D eigenvalue weighted by Crippen LogP contribution is -2.33. The molecule has 8 heteroatoms. The number of hydrogen-bond acceptors (Lipinski definition) is 6. The fourth-order valence-corrected chi connectivity index (χ4v) is 4.62. The molecule has 0 saturated heterocycles. The largest absolute Gasteiger partial charge is 0.353 e. The Morgan fingerprint density at radius 1 is 1.15 bits per heavy atom. The predicted octanol–water partition coefficient (Wildman–Crippen LogP) is 3.56. The van der Waals surface area contributed by atoms with Crippen molar-refractivity contribution in [3.63, 3.8) is 0 Å². The summed E-state index contributed by atoms with van der Waals surface area (Å²) in [4.78, 5) is 24.3. The summed E-state index contributed by atoms with van der Waals surface area (Å²) < 4.78 is 0.669. The first-order chi connectivity index (χ1) is 12.5. The maximum absolute atomic E-state index is 12.3. The van der Waals surface area contributed by atoms with Crippen molar-refractivity contribution in [2.24, 2.45) is 0 Å². The van der Waals surface area contributed by atoms with E-state index in [0.29, 0.717) is 26.8 Å². The van der Waals surface area contributed by atoms with E-state index in [2.05, 4.69) is 20.8 Å². The molecule has 0 bridgehead atoms. The SMILES string of the molecule is Cc1cc(C)cc(C(=O)Nc2nnc(SCC(=O)NC3CCCC3)s2)c1. The number of carbonyl (C=O) groups is 2. The number of thioether (sulfide) groups is 1. The van der Waals surface area contributed by atoms with Crippen LogP contribution in [0.3, 0.4) is 0 Å². The van der Waals surface area contributed by atoms with Crippen molar-refractivity contribution in [1.82, 2.24) is 15.5 Å². The Hall–Kier alpha value is -1.93. The number of aromatic nitrogens is 2. The molecule has 6 nitrogen and oxygen atoms in total. The van der Waals surface area contributed by atoms with Crippen LogP contribution >= 0.6 is 23.1 Å². The highest BCUT2D eigenvalue weighted by molar-refractivity contribution is 8.01. The number of carbonyl (C=O) groups excluding carboxylic acids is 2. The van der Waals surface area contributed by atoms with Gasteiger partial charge < -0.3 is 5.32 Å². The lowest BCUT2D eigenvalue weighted by atomic mass is 10.1. The molecule has 1 fully saturated rings. The molecule has 0 spiro atoms. The molecule has 0 aliphatic heterocycles. The number of nitrogens with one attached hydrogen (secondary N) is 2. The molecule has 3 rings (SSSR count). The number of hydrogen-bond donors (Lipinski definition) is 2. The quantitative estimate of drug-likeness (QED) is 0.582. The van der Waals surface area contributed by atoms with E-state index < -0.39 is 0 Å². The minimum Gasteiger partial charge on any atom is -0.353 e. The summed E-state index contributed by atoms with van der Waals surface area (Å²) in [6, 6.07) is 6.02. The van der Waals surface area contributed by atoms with E-state index >= 15 is 0 Å². The summed E-state index contributed by atoms with van der Waals surface area (Å²) in [5.41, 5.74) is 2.68. The number of benzene rings is 1. The average Bonchev–Trinajstić information content (AvgIpc) is 3.24. The van der Waals surface area contributed by atoms with Crippen molar-refractivity contribution in [2.45, 2.75) is 49.9 Å². The van der Waals surface area contributed by atoms with E-state index in [0.717, 1.165) is 24.0 Å². The van der Waals surface area contributed by atoms with E-state index in [4.69, 9.17) is 0 Å². The number of nitrogens with zero attached hydrogens (tertiary/aromatic N) is 2. The van der Waals surface area contributed by atoms with Gasteiger partial charge in [0.1, 0.15) is 0 Å². The smallest absolute Gasteiger partial charge is 0.257 e. The van der Waals surface area contributed by atoms with Crippen LogP contribution in [0.25, 0.3) is 0 Å². The van der Waals surface area contributed by atoms with Crippen LogP contribution in [0.1, 0.15) is 47.2 Å². The van der Waals surface area contributed by atoms with Crippen molar-refractivity contribution in [3.8, 4) is 0 Å². The highest BCUT2D eigenvalue weighted by Gasteiger charge is 2.18. The number of amides is 2. The first-order valence-corrected chi connectivity index (χ1v) is 10.4. The predicted molar refractivity (Wildman–Crippen MR) is 105 cm³/mol. The summed E-state index contributed by atoms with van der Waals surface area (Å²) >= 11 is 2.62. The standard InChI is InChI=1S/C18H22N4O2S2/c1-11-7-12(2)9-13(8-11)16(24)20-17-21-22-18(26-17)25-10-15(23)19-14-5-3-4-6-14/h7-9,14H,3-6,10H2,1-2H3,(H,19,23)(H,20,21,24). The van der Waals surface area contributed by atoms with Gasteiger partial charge in [0.15, 0.2) is 4.34 Å². The fourth-order valence-electron chi connectivity index (χ4n) is 3.06. The van der Waals surface area contributed by atoms with E-state index in [9.17, 15) is 9.59 Å². The molecule has 26 heavy (non-hydrogen) atoms. The maximum atomic E-state index is 12.3. The third-order valence-corrected chi connectivity index (χ3v) is 6.13. The molecule has 1 heterocycles. The van der Waals surface area contributed by atoms with Crippen molar-refractivity contribution in [2.75, 3.05) is 11.1 Å². The monoisotopic (exact) mass is 390 g/mol. The van der Waals surface area contributed by atoms with Gasteiger partial charge in [-0.2, -0.15) is 0 Å². The molecular weight excluding hydrogens is 368 g/mol. The third-order valence-electron chi connectivity index (χ3n) is 4.16. The lowest BCUT2D eigenvalue weighted by molar-refractivity contribution is -0.119. The Bertz CT molecular complexity index is 780. The van der Waals surface area contributed by atoms with Crippen LogP contribution in [0.5, 0.6) is 0 Å². The van der Waals surface area contributed by atoms with E-state index in [-0.39, 0.29) is 11.8 Å². The minimum atomic E-state index is -0.205. The van der Waals surface area contributed by atoms with Crippen LogP contribution in [0, 0.1) is 13.8 Å². The molecule has 2 amide bonds. The molecule has 1 aliphatic rings. The Morgan fingerprint density at radius 2 is 1.85 bits per heavy atom.